The molecule has 0 radical (unpaired) electrons. The van der Waals surface area contributed by atoms with Crippen molar-refractivity contribution >= 4 is 22.5 Å². The predicted molar refractivity (Wildman–Crippen MR) is 103 cm³/mol. The fraction of sp³-hybridized carbons (Fsp3) is 0.238. The monoisotopic (exact) mass is 350 g/mol. The summed E-state index contributed by atoms with van der Waals surface area (Å²) < 4.78 is 0. The molecule has 1 amide bonds. The van der Waals surface area contributed by atoms with Crippen LogP contribution in [0.3, 0.4) is 0 Å². The van der Waals surface area contributed by atoms with E-state index in [2.05, 4.69) is 4.98 Å². The van der Waals surface area contributed by atoms with Gasteiger partial charge in [-0.25, -0.2) is 0 Å². The molecule has 3 rings (SSSR count). The summed E-state index contributed by atoms with van der Waals surface area (Å²) in [7, 11) is 1.67. The Labute approximate surface area is 152 Å². The number of anilines is 1. The number of phenols is 2. The van der Waals surface area contributed by atoms with E-state index in [9.17, 15) is 15.0 Å². The van der Waals surface area contributed by atoms with Crippen LogP contribution >= 0.6 is 0 Å². The fourth-order valence-corrected chi connectivity index (χ4v) is 3.08. The first-order valence-corrected chi connectivity index (χ1v) is 8.50. The molecule has 0 aliphatic heterocycles. The molecule has 134 valence electrons. The Balaban J connectivity index is 2.11. The minimum Gasteiger partial charge on any atom is -0.508 e. The number of nitrogens with zero attached hydrogens (tertiary/aromatic N) is 2. The fourth-order valence-electron chi connectivity index (χ4n) is 3.08. The second-order valence-corrected chi connectivity index (χ2v) is 6.75. The second kappa shape index (κ2) is 6.67. The first kappa shape index (κ1) is 17.7. The Bertz CT molecular complexity index is 996. The Morgan fingerprint density at radius 2 is 1.77 bits per heavy atom. The van der Waals surface area contributed by atoms with Crippen LogP contribution in [0.4, 0.5) is 5.69 Å². The van der Waals surface area contributed by atoms with Crippen molar-refractivity contribution in [3.63, 3.8) is 0 Å². The summed E-state index contributed by atoms with van der Waals surface area (Å²) >= 11 is 0. The summed E-state index contributed by atoms with van der Waals surface area (Å²) in [4.78, 5) is 19.1. The van der Waals surface area contributed by atoms with E-state index in [-0.39, 0.29) is 28.9 Å². The third-order valence-electron chi connectivity index (χ3n) is 4.49. The number of aryl methyl sites for hydroxylation is 1. The third kappa shape index (κ3) is 3.08. The maximum absolute atomic E-state index is 13.1. The Morgan fingerprint density at radius 1 is 1.08 bits per heavy atom. The minimum absolute atomic E-state index is 0.0121. The lowest BCUT2D eigenvalue weighted by Crippen LogP contribution is -2.27. The highest BCUT2D eigenvalue weighted by Crippen LogP contribution is 2.34. The van der Waals surface area contributed by atoms with E-state index in [0.29, 0.717) is 5.56 Å². The van der Waals surface area contributed by atoms with Crippen LogP contribution in [0.2, 0.25) is 0 Å². The SMILES string of the molecule is Cc1cc(N(C)C(=O)c2cc(C(C)C)c(O)cc2O)c2ccccc2n1. The first-order valence-electron chi connectivity index (χ1n) is 8.50. The van der Waals surface area contributed by atoms with Crippen LogP contribution in [0.25, 0.3) is 10.9 Å². The number of benzene rings is 2. The molecule has 0 unspecified atom stereocenters. The zero-order valence-electron chi connectivity index (χ0n) is 15.3. The average molecular weight is 350 g/mol. The van der Waals surface area contributed by atoms with Crippen molar-refractivity contribution in [3.05, 3.63) is 59.3 Å². The molecule has 1 heterocycles. The maximum Gasteiger partial charge on any atom is 0.261 e. The first-order chi connectivity index (χ1) is 12.3. The highest BCUT2D eigenvalue weighted by molar-refractivity contribution is 6.11. The summed E-state index contributed by atoms with van der Waals surface area (Å²) in [6.07, 6.45) is 0. The summed E-state index contributed by atoms with van der Waals surface area (Å²) in [6.45, 7) is 5.72. The van der Waals surface area contributed by atoms with Gasteiger partial charge in [-0.15, -0.1) is 0 Å². The molecule has 0 saturated carbocycles. The number of rotatable bonds is 3. The molecule has 2 aromatic carbocycles. The topological polar surface area (TPSA) is 73.7 Å². The van der Waals surface area contributed by atoms with E-state index in [1.807, 2.05) is 51.1 Å². The molecule has 0 bridgehead atoms. The molecule has 0 spiro atoms. The second-order valence-electron chi connectivity index (χ2n) is 6.75. The highest BCUT2D eigenvalue weighted by Gasteiger charge is 2.22. The van der Waals surface area contributed by atoms with Gasteiger partial charge in [0.2, 0.25) is 0 Å². The molecule has 5 heteroatoms. The molecule has 1 aromatic heterocycles. The number of pyridine rings is 1. The van der Waals surface area contributed by atoms with Gasteiger partial charge in [-0.05, 0) is 36.6 Å². The van der Waals surface area contributed by atoms with Crippen molar-refractivity contribution in [2.75, 3.05) is 11.9 Å². The van der Waals surface area contributed by atoms with Gasteiger partial charge in [-0.2, -0.15) is 0 Å². The molecule has 5 nitrogen and oxygen atoms in total. The van der Waals surface area contributed by atoms with Crippen LogP contribution in [0.15, 0.2) is 42.5 Å². The summed E-state index contributed by atoms with van der Waals surface area (Å²) in [5.74, 6) is -0.572. The molecular weight excluding hydrogens is 328 g/mol. The number of carbonyl (C=O) groups excluding carboxylic acids is 1. The molecule has 0 aliphatic rings. The van der Waals surface area contributed by atoms with Crippen LogP contribution in [0.5, 0.6) is 11.5 Å². The van der Waals surface area contributed by atoms with Crippen molar-refractivity contribution < 1.29 is 15.0 Å². The van der Waals surface area contributed by atoms with E-state index in [0.717, 1.165) is 22.3 Å². The molecule has 26 heavy (non-hydrogen) atoms. The van der Waals surface area contributed by atoms with E-state index < -0.39 is 0 Å². The molecule has 0 fully saturated rings. The highest BCUT2D eigenvalue weighted by atomic mass is 16.3. The van der Waals surface area contributed by atoms with Gasteiger partial charge in [0, 0.05) is 24.2 Å². The van der Waals surface area contributed by atoms with Gasteiger partial charge in [-0.1, -0.05) is 32.0 Å². The lowest BCUT2D eigenvalue weighted by molar-refractivity contribution is 0.0990. The number of hydrogen-bond acceptors (Lipinski definition) is 4. The van der Waals surface area contributed by atoms with Gasteiger partial charge in [-0.3, -0.25) is 9.78 Å². The van der Waals surface area contributed by atoms with Crippen molar-refractivity contribution in [2.45, 2.75) is 26.7 Å². The zero-order chi connectivity index (χ0) is 19.0. The standard InChI is InChI=1S/C21H22N2O3/c1-12(2)15-10-16(20(25)11-19(15)24)21(26)23(4)18-9-13(3)22-17-8-6-5-7-14(17)18/h5-12,24-25H,1-4H3. The Hall–Kier alpha value is -3.08. The number of aromatic hydroxyl groups is 2. The molecular formula is C21H22N2O3. The number of phenolic OH excluding ortho intramolecular Hbond substituents is 2. The molecule has 0 atom stereocenters. The molecule has 0 aliphatic carbocycles. The Kier molecular flexibility index (Phi) is 4.55. The van der Waals surface area contributed by atoms with E-state index in [1.165, 1.54) is 11.0 Å². The summed E-state index contributed by atoms with van der Waals surface area (Å²) in [6, 6.07) is 12.3. The molecule has 0 saturated heterocycles. The van der Waals surface area contributed by atoms with E-state index in [1.54, 1.807) is 13.1 Å². The van der Waals surface area contributed by atoms with Gasteiger partial charge in [0.25, 0.3) is 5.91 Å². The number of amides is 1. The minimum atomic E-state index is -0.347. The summed E-state index contributed by atoms with van der Waals surface area (Å²) in [5, 5.41) is 21.1. The largest absolute Gasteiger partial charge is 0.508 e. The quantitative estimate of drug-likeness (QED) is 0.736. The number of hydrogen-bond donors (Lipinski definition) is 2. The summed E-state index contributed by atoms with van der Waals surface area (Å²) in [5.41, 5.74) is 3.11. The van der Waals surface area contributed by atoms with Crippen molar-refractivity contribution in [1.29, 1.82) is 0 Å². The normalized spacial score (nSPS) is 11.1. The van der Waals surface area contributed by atoms with Gasteiger partial charge in [0.15, 0.2) is 0 Å². The van der Waals surface area contributed by atoms with Gasteiger partial charge in [0.1, 0.15) is 11.5 Å². The third-order valence-corrected chi connectivity index (χ3v) is 4.49. The lowest BCUT2D eigenvalue weighted by Gasteiger charge is -2.21. The van der Waals surface area contributed by atoms with Gasteiger partial charge >= 0.3 is 0 Å². The Morgan fingerprint density at radius 3 is 2.46 bits per heavy atom. The number of aromatic nitrogens is 1. The molecule has 3 aromatic rings. The van der Waals surface area contributed by atoms with Crippen LogP contribution in [0.1, 0.15) is 41.4 Å². The average Bonchev–Trinajstić information content (AvgIpc) is 2.59. The number of carbonyl (C=O) groups is 1. The maximum atomic E-state index is 13.1. The van der Waals surface area contributed by atoms with Crippen LogP contribution in [-0.4, -0.2) is 28.2 Å². The van der Waals surface area contributed by atoms with Crippen LogP contribution in [0, 0.1) is 6.92 Å². The smallest absolute Gasteiger partial charge is 0.261 e. The molecule has 2 N–H and O–H groups in total. The van der Waals surface area contributed by atoms with Crippen LogP contribution in [-0.2, 0) is 0 Å². The lowest BCUT2D eigenvalue weighted by atomic mass is 9.98. The van der Waals surface area contributed by atoms with E-state index >= 15 is 0 Å². The van der Waals surface area contributed by atoms with Crippen molar-refractivity contribution in [2.24, 2.45) is 0 Å². The van der Waals surface area contributed by atoms with Crippen LogP contribution < -0.4 is 4.90 Å². The number of para-hydroxylation sites is 1. The van der Waals surface area contributed by atoms with Crippen molar-refractivity contribution in [3.8, 4) is 11.5 Å². The van der Waals surface area contributed by atoms with E-state index in [4.69, 9.17) is 0 Å². The van der Waals surface area contributed by atoms with Gasteiger partial charge in [0.05, 0.1) is 16.8 Å². The van der Waals surface area contributed by atoms with Crippen molar-refractivity contribution in [1.82, 2.24) is 4.98 Å². The number of fused-ring (bicyclic) bond motifs is 1. The predicted octanol–water partition coefficient (Wildman–Crippen LogP) is 4.35. The van der Waals surface area contributed by atoms with Gasteiger partial charge < -0.3 is 15.1 Å². The zero-order valence-corrected chi connectivity index (χ0v) is 15.3.